The highest BCUT2D eigenvalue weighted by Gasteiger charge is 2.37. The first-order valence-corrected chi connectivity index (χ1v) is 7.28. The van der Waals surface area contributed by atoms with Gasteiger partial charge in [0.2, 0.25) is 5.91 Å². The second-order valence-electron chi connectivity index (χ2n) is 6.15. The van der Waals surface area contributed by atoms with Gasteiger partial charge in [-0.1, -0.05) is 6.92 Å². The number of aliphatic hydroxyl groups is 1. The lowest BCUT2D eigenvalue weighted by Gasteiger charge is -2.35. The normalized spacial score (nSPS) is 37.6. The van der Waals surface area contributed by atoms with Crippen LogP contribution in [0.15, 0.2) is 0 Å². The first-order chi connectivity index (χ1) is 9.39. The second-order valence-corrected chi connectivity index (χ2v) is 6.15. The fourth-order valence-electron chi connectivity index (χ4n) is 2.85. The van der Waals surface area contributed by atoms with Crippen molar-refractivity contribution in [1.29, 1.82) is 0 Å². The van der Waals surface area contributed by atoms with Crippen molar-refractivity contribution in [2.45, 2.75) is 63.3 Å². The van der Waals surface area contributed by atoms with Crippen LogP contribution >= 0.6 is 0 Å². The summed E-state index contributed by atoms with van der Waals surface area (Å²) in [4.78, 5) is 22.7. The summed E-state index contributed by atoms with van der Waals surface area (Å²) in [7, 11) is 0. The van der Waals surface area contributed by atoms with E-state index in [0.717, 1.165) is 12.8 Å². The molecule has 0 spiro atoms. The largest absolute Gasteiger partial charge is 0.479 e. The fraction of sp³-hybridized carbons (Fsp3) is 0.857. The summed E-state index contributed by atoms with van der Waals surface area (Å²) in [5.41, 5.74) is -0.826. The third kappa shape index (κ3) is 3.70. The lowest BCUT2D eigenvalue weighted by molar-refractivity contribution is -0.152. The van der Waals surface area contributed by atoms with Crippen molar-refractivity contribution in [1.82, 2.24) is 5.32 Å². The highest BCUT2D eigenvalue weighted by atomic mass is 16.5. The number of carbonyl (C=O) groups is 2. The van der Waals surface area contributed by atoms with Gasteiger partial charge < -0.3 is 20.3 Å². The summed E-state index contributed by atoms with van der Waals surface area (Å²) >= 11 is 0. The number of amides is 1. The van der Waals surface area contributed by atoms with Crippen molar-refractivity contribution in [3.05, 3.63) is 0 Å². The molecule has 6 nitrogen and oxygen atoms in total. The summed E-state index contributed by atoms with van der Waals surface area (Å²) in [6, 6.07) is 0. The molecule has 20 heavy (non-hydrogen) atoms. The summed E-state index contributed by atoms with van der Waals surface area (Å²) in [5.74, 6) is -0.721. The predicted octanol–water partition coefficient (Wildman–Crippen LogP) is 0.676. The van der Waals surface area contributed by atoms with E-state index in [4.69, 9.17) is 9.84 Å². The number of carboxylic acids is 1. The number of hydrogen-bond donors (Lipinski definition) is 3. The smallest absolute Gasteiger partial charge is 0.332 e. The Balaban J connectivity index is 1.77. The van der Waals surface area contributed by atoms with Crippen molar-refractivity contribution in [3.8, 4) is 0 Å². The van der Waals surface area contributed by atoms with E-state index in [2.05, 4.69) is 12.2 Å². The van der Waals surface area contributed by atoms with E-state index >= 15 is 0 Å². The molecule has 6 heteroatoms. The zero-order valence-electron chi connectivity index (χ0n) is 11.8. The standard InChI is InChI=1S/C14H23NO5/c1-9-4-6-14(19,7-5-9)8-15-12(16)10-2-3-11(20-10)13(17)18/h9-11,19H,2-8H2,1H3,(H,15,16)(H,17,18)/t9?,10-,11+,14?/m0/s1. The van der Waals surface area contributed by atoms with Gasteiger partial charge in [0.1, 0.15) is 6.10 Å². The molecule has 2 fully saturated rings. The topological polar surface area (TPSA) is 95.9 Å². The van der Waals surface area contributed by atoms with Gasteiger partial charge in [-0.3, -0.25) is 4.79 Å². The minimum Gasteiger partial charge on any atom is -0.479 e. The Morgan fingerprint density at radius 1 is 1.20 bits per heavy atom. The number of hydrogen-bond acceptors (Lipinski definition) is 4. The van der Waals surface area contributed by atoms with E-state index in [-0.39, 0.29) is 12.5 Å². The Hall–Kier alpha value is -1.14. The molecule has 1 heterocycles. The zero-order chi connectivity index (χ0) is 14.8. The highest BCUT2D eigenvalue weighted by Crippen LogP contribution is 2.31. The Bertz CT molecular complexity index is 376. The van der Waals surface area contributed by atoms with Crippen LogP contribution in [0.2, 0.25) is 0 Å². The molecule has 1 saturated heterocycles. The van der Waals surface area contributed by atoms with Crippen molar-refractivity contribution >= 4 is 11.9 Å². The van der Waals surface area contributed by atoms with Gasteiger partial charge in [0.05, 0.1) is 5.60 Å². The molecule has 1 saturated carbocycles. The molecule has 0 aromatic carbocycles. The molecule has 0 aromatic rings. The summed E-state index contributed by atoms with van der Waals surface area (Å²) in [6.07, 6.45) is 2.50. The van der Waals surface area contributed by atoms with Crippen LogP contribution in [0, 0.1) is 5.92 Å². The first-order valence-electron chi connectivity index (χ1n) is 7.28. The molecule has 1 aliphatic heterocycles. The van der Waals surface area contributed by atoms with E-state index in [1.54, 1.807) is 0 Å². The highest BCUT2D eigenvalue weighted by molar-refractivity contribution is 5.82. The quantitative estimate of drug-likeness (QED) is 0.706. The van der Waals surface area contributed by atoms with Gasteiger partial charge in [0, 0.05) is 6.54 Å². The molecule has 3 N–H and O–H groups in total. The van der Waals surface area contributed by atoms with Gasteiger partial charge in [-0.15, -0.1) is 0 Å². The summed E-state index contributed by atoms with van der Waals surface area (Å²) in [6.45, 7) is 2.38. The van der Waals surface area contributed by atoms with Crippen molar-refractivity contribution in [2.75, 3.05) is 6.54 Å². The van der Waals surface area contributed by atoms with E-state index in [1.807, 2.05) is 0 Å². The summed E-state index contributed by atoms with van der Waals surface area (Å²) < 4.78 is 5.18. The molecule has 114 valence electrons. The molecule has 1 aliphatic carbocycles. The predicted molar refractivity (Wildman–Crippen MR) is 71.1 cm³/mol. The minimum absolute atomic E-state index is 0.218. The fourth-order valence-corrected chi connectivity index (χ4v) is 2.85. The number of aliphatic carboxylic acids is 1. The van der Waals surface area contributed by atoms with Crippen LogP contribution in [0.4, 0.5) is 0 Å². The van der Waals surface area contributed by atoms with Crippen LogP contribution in [0.25, 0.3) is 0 Å². The van der Waals surface area contributed by atoms with Crippen molar-refractivity contribution in [3.63, 3.8) is 0 Å². The average molecular weight is 285 g/mol. The molecule has 2 aliphatic rings. The molecule has 0 unspecified atom stereocenters. The Morgan fingerprint density at radius 2 is 1.80 bits per heavy atom. The molecule has 0 aromatic heterocycles. The van der Waals surface area contributed by atoms with Crippen LogP contribution in [0.1, 0.15) is 45.4 Å². The van der Waals surface area contributed by atoms with Gasteiger partial charge in [0.15, 0.2) is 6.10 Å². The third-order valence-corrected chi connectivity index (χ3v) is 4.38. The van der Waals surface area contributed by atoms with Crippen LogP contribution in [0.3, 0.4) is 0 Å². The maximum absolute atomic E-state index is 11.9. The van der Waals surface area contributed by atoms with E-state index < -0.39 is 23.8 Å². The molecular weight excluding hydrogens is 262 g/mol. The molecule has 0 bridgehead atoms. The average Bonchev–Trinajstić information content (AvgIpc) is 2.90. The molecule has 2 rings (SSSR count). The monoisotopic (exact) mass is 285 g/mol. The van der Waals surface area contributed by atoms with Crippen molar-refractivity contribution in [2.24, 2.45) is 5.92 Å². The van der Waals surface area contributed by atoms with E-state index in [1.165, 1.54) is 0 Å². The molecular formula is C14H23NO5. The van der Waals surface area contributed by atoms with Crippen LogP contribution < -0.4 is 5.32 Å². The maximum Gasteiger partial charge on any atom is 0.332 e. The second kappa shape index (κ2) is 6.10. The number of rotatable bonds is 4. The van der Waals surface area contributed by atoms with Gasteiger partial charge in [0.25, 0.3) is 0 Å². The number of carboxylic acid groups (broad SMARTS) is 1. The third-order valence-electron chi connectivity index (χ3n) is 4.38. The van der Waals surface area contributed by atoms with Gasteiger partial charge in [-0.2, -0.15) is 0 Å². The zero-order valence-corrected chi connectivity index (χ0v) is 11.8. The maximum atomic E-state index is 11.9. The van der Waals surface area contributed by atoms with Crippen LogP contribution in [-0.4, -0.2) is 46.4 Å². The Labute approximate surface area is 118 Å². The minimum atomic E-state index is -1.03. The summed E-state index contributed by atoms with van der Waals surface area (Å²) in [5, 5.41) is 21.9. The Kier molecular flexibility index (Phi) is 4.65. The SMILES string of the molecule is CC1CCC(O)(CNC(=O)[C@@H]2CC[C@H](C(=O)O)O2)CC1. The van der Waals surface area contributed by atoms with Gasteiger partial charge >= 0.3 is 5.97 Å². The van der Waals surface area contributed by atoms with E-state index in [0.29, 0.717) is 31.6 Å². The molecule has 1 amide bonds. The Morgan fingerprint density at radius 3 is 2.35 bits per heavy atom. The number of carbonyl (C=O) groups excluding carboxylic acids is 1. The number of nitrogens with one attached hydrogen (secondary N) is 1. The first kappa shape index (κ1) is 15.3. The lowest BCUT2D eigenvalue weighted by Crippen LogP contribution is -2.47. The van der Waals surface area contributed by atoms with Gasteiger partial charge in [-0.25, -0.2) is 4.79 Å². The van der Waals surface area contributed by atoms with Crippen LogP contribution in [0.5, 0.6) is 0 Å². The van der Waals surface area contributed by atoms with Gasteiger partial charge in [-0.05, 0) is 44.4 Å². The molecule has 0 radical (unpaired) electrons. The number of ether oxygens (including phenoxy) is 1. The van der Waals surface area contributed by atoms with Crippen LogP contribution in [-0.2, 0) is 14.3 Å². The molecule has 2 atom stereocenters. The lowest BCUT2D eigenvalue weighted by atomic mass is 9.79. The van der Waals surface area contributed by atoms with Crippen molar-refractivity contribution < 1.29 is 24.5 Å². The van der Waals surface area contributed by atoms with E-state index in [9.17, 15) is 14.7 Å².